The maximum absolute atomic E-state index is 5.45. The third-order valence-corrected chi connectivity index (χ3v) is 1.77. The second-order valence-electron chi connectivity index (χ2n) is 2.73. The van der Waals surface area contributed by atoms with Crippen LogP contribution >= 0.6 is 0 Å². The normalized spacial score (nSPS) is 10.5. The number of rotatable bonds is 3. The summed E-state index contributed by atoms with van der Waals surface area (Å²) < 4.78 is 5.45. The summed E-state index contributed by atoms with van der Waals surface area (Å²) in [7, 11) is 0. The first-order valence-electron chi connectivity index (χ1n) is 4.00. The van der Waals surface area contributed by atoms with E-state index in [1.807, 2.05) is 6.92 Å². The van der Waals surface area contributed by atoms with Crippen LogP contribution in [0.2, 0.25) is 0 Å². The highest BCUT2D eigenvalue weighted by molar-refractivity contribution is 5.18. The molecule has 2 nitrogen and oxygen atoms in total. The van der Waals surface area contributed by atoms with Crippen LogP contribution in [0.4, 0.5) is 0 Å². The Labute approximate surface area is 67.6 Å². The molecule has 0 spiro atoms. The Morgan fingerprint density at radius 3 is 2.64 bits per heavy atom. The zero-order valence-electron chi connectivity index (χ0n) is 7.40. The Kier molecular flexibility index (Phi) is 2.71. The first-order valence-corrected chi connectivity index (χ1v) is 4.00. The summed E-state index contributed by atoms with van der Waals surface area (Å²) in [5.74, 6) is 2.06. The van der Waals surface area contributed by atoms with Crippen molar-refractivity contribution < 1.29 is 4.42 Å². The fourth-order valence-corrected chi connectivity index (χ4v) is 0.985. The maximum Gasteiger partial charge on any atom is 0.118 e. The minimum Gasteiger partial charge on any atom is -0.465 e. The van der Waals surface area contributed by atoms with Gasteiger partial charge in [-0.25, -0.2) is 0 Å². The fourth-order valence-electron chi connectivity index (χ4n) is 0.985. The summed E-state index contributed by atoms with van der Waals surface area (Å²) in [6, 6.07) is 2.08. The highest BCUT2D eigenvalue weighted by Crippen LogP contribution is 2.12. The Bertz CT molecular complexity index is 208. The van der Waals surface area contributed by atoms with Gasteiger partial charge in [0.25, 0.3) is 0 Å². The molecule has 0 unspecified atom stereocenters. The molecule has 1 aromatic rings. The van der Waals surface area contributed by atoms with E-state index in [-0.39, 0.29) is 0 Å². The minimum absolute atomic E-state index is 0.838. The highest BCUT2D eigenvalue weighted by atomic mass is 16.3. The predicted octanol–water partition coefficient (Wildman–Crippen LogP) is 2.01. The second-order valence-corrected chi connectivity index (χ2v) is 2.73. The van der Waals surface area contributed by atoms with Crippen LogP contribution in [0.1, 0.15) is 24.0 Å². The van der Waals surface area contributed by atoms with Crippen molar-refractivity contribution in [2.24, 2.45) is 0 Å². The molecule has 1 rings (SSSR count). The first kappa shape index (κ1) is 8.34. The molecule has 0 bridgehead atoms. The number of nitrogens with one attached hydrogen (secondary N) is 1. The van der Waals surface area contributed by atoms with Gasteiger partial charge in [-0.3, -0.25) is 0 Å². The van der Waals surface area contributed by atoms with Gasteiger partial charge in [0.1, 0.15) is 11.5 Å². The zero-order chi connectivity index (χ0) is 8.27. The molecule has 0 aliphatic heterocycles. The molecule has 1 heterocycles. The Morgan fingerprint density at radius 1 is 1.45 bits per heavy atom. The molecule has 0 aliphatic carbocycles. The van der Waals surface area contributed by atoms with Crippen molar-refractivity contribution in [1.29, 1.82) is 0 Å². The summed E-state index contributed by atoms with van der Waals surface area (Å²) in [5.41, 5.74) is 1.23. The molecule has 2 heteroatoms. The van der Waals surface area contributed by atoms with Crippen LogP contribution in [-0.2, 0) is 6.54 Å². The molecule has 0 fully saturated rings. The van der Waals surface area contributed by atoms with Gasteiger partial charge in [0, 0.05) is 0 Å². The lowest BCUT2D eigenvalue weighted by Gasteiger charge is -1.95. The van der Waals surface area contributed by atoms with E-state index < -0.39 is 0 Å². The largest absolute Gasteiger partial charge is 0.465 e. The zero-order valence-corrected chi connectivity index (χ0v) is 7.40. The maximum atomic E-state index is 5.45. The van der Waals surface area contributed by atoms with Crippen molar-refractivity contribution in [3.63, 3.8) is 0 Å². The van der Waals surface area contributed by atoms with Gasteiger partial charge in [0.15, 0.2) is 0 Å². The van der Waals surface area contributed by atoms with Crippen molar-refractivity contribution >= 4 is 0 Å². The van der Waals surface area contributed by atoms with Crippen LogP contribution in [0.15, 0.2) is 10.5 Å². The van der Waals surface area contributed by atoms with Crippen molar-refractivity contribution in [2.75, 3.05) is 6.54 Å². The molecule has 0 aliphatic rings. The van der Waals surface area contributed by atoms with E-state index in [0.29, 0.717) is 0 Å². The quantitative estimate of drug-likeness (QED) is 0.718. The number of aryl methyl sites for hydroxylation is 2. The van der Waals surface area contributed by atoms with Gasteiger partial charge in [-0.15, -0.1) is 0 Å². The standard InChI is InChI=1S/C9H15NO/c1-4-10-6-9-5-7(2)8(3)11-9/h5,10H,4,6H2,1-3H3. The predicted molar refractivity (Wildman–Crippen MR) is 45.6 cm³/mol. The van der Waals surface area contributed by atoms with E-state index >= 15 is 0 Å². The van der Waals surface area contributed by atoms with Gasteiger partial charge >= 0.3 is 0 Å². The summed E-state index contributed by atoms with van der Waals surface area (Å²) in [6.07, 6.45) is 0. The van der Waals surface area contributed by atoms with Gasteiger partial charge in [0.2, 0.25) is 0 Å². The van der Waals surface area contributed by atoms with Crippen LogP contribution in [0, 0.1) is 13.8 Å². The van der Waals surface area contributed by atoms with Crippen LogP contribution in [0.25, 0.3) is 0 Å². The Morgan fingerprint density at radius 2 is 2.18 bits per heavy atom. The molecule has 0 aromatic carbocycles. The van der Waals surface area contributed by atoms with Gasteiger partial charge in [-0.05, 0) is 32.0 Å². The molecule has 0 atom stereocenters. The van der Waals surface area contributed by atoms with Gasteiger partial charge in [0.05, 0.1) is 6.54 Å². The van der Waals surface area contributed by atoms with E-state index in [1.54, 1.807) is 0 Å². The van der Waals surface area contributed by atoms with E-state index in [0.717, 1.165) is 24.6 Å². The third kappa shape index (κ3) is 2.09. The van der Waals surface area contributed by atoms with E-state index in [2.05, 4.69) is 25.2 Å². The molecular formula is C9H15NO. The second kappa shape index (κ2) is 3.58. The molecule has 1 aromatic heterocycles. The van der Waals surface area contributed by atoms with Crippen molar-refractivity contribution in [2.45, 2.75) is 27.3 Å². The number of hydrogen-bond donors (Lipinski definition) is 1. The van der Waals surface area contributed by atoms with Crippen LogP contribution in [0.5, 0.6) is 0 Å². The number of furan rings is 1. The topological polar surface area (TPSA) is 25.2 Å². The first-order chi connectivity index (χ1) is 5.24. The molecule has 1 N–H and O–H groups in total. The highest BCUT2D eigenvalue weighted by Gasteiger charge is 2.00. The van der Waals surface area contributed by atoms with E-state index in [1.165, 1.54) is 5.56 Å². The van der Waals surface area contributed by atoms with Gasteiger partial charge < -0.3 is 9.73 Å². The SMILES string of the molecule is CCNCc1cc(C)c(C)o1. The van der Waals surface area contributed by atoms with Crippen LogP contribution in [0.3, 0.4) is 0 Å². The van der Waals surface area contributed by atoms with Crippen molar-refractivity contribution in [3.05, 3.63) is 23.2 Å². The van der Waals surface area contributed by atoms with Crippen molar-refractivity contribution in [1.82, 2.24) is 5.32 Å². The molecule has 62 valence electrons. The van der Waals surface area contributed by atoms with Gasteiger partial charge in [-0.1, -0.05) is 6.92 Å². The number of hydrogen-bond acceptors (Lipinski definition) is 2. The summed E-state index contributed by atoms with van der Waals surface area (Å²) >= 11 is 0. The third-order valence-electron chi connectivity index (χ3n) is 1.77. The van der Waals surface area contributed by atoms with Crippen LogP contribution in [-0.4, -0.2) is 6.54 Å². The summed E-state index contributed by atoms with van der Waals surface area (Å²) in [4.78, 5) is 0. The van der Waals surface area contributed by atoms with E-state index in [9.17, 15) is 0 Å². The smallest absolute Gasteiger partial charge is 0.118 e. The molecule has 11 heavy (non-hydrogen) atoms. The molecular weight excluding hydrogens is 138 g/mol. The van der Waals surface area contributed by atoms with Crippen molar-refractivity contribution in [3.8, 4) is 0 Å². The monoisotopic (exact) mass is 153 g/mol. The Hall–Kier alpha value is -0.760. The Balaban J connectivity index is 2.58. The molecule has 0 saturated carbocycles. The lowest BCUT2D eigenvalue weighted by Crippen LogP contribution is -2.10. The van der Waals surface area contributed by atoms with Crippen LogP contribution < -0.4 is 5.32 Å². The average molecular weight is 153 g/mol. The average Bonchev–Trinajstić information content (AvgIpc) is 2.28. The fraction of sp³-hybridized carbons (Fsp3) is 0.556. The lowest BCUT2D eigenvalue weighted by atomic mass is 10.3. The molecule has 0 radical (unpaired) electrons. The minimum atomic E-state index is 0.838. The lowest BCUT2D eigenvalue weighted by molar-refractivity contribution is 0.464. The van der Waals surface area contributed by atoms with Gasteiger partial charge in [-0.2, -0.15) is 0 Å². The van der Waals surface area contributed by atoms with E-state index in [4.69, 9.17) is 4.42 Å². The summed E-state index contributed by atoms with van der Waals surface area (Å²) in [5, 5.41) is 3.21. The molecule has 0 amide bonds. The summed E-state index contributed by atoms with van der Waals surface area (Å²) in [6.45, 7) is 7.96. The molecule has 0 saturated heterocycles.